The number of ether oxygens (including phenoxy) is 1. The lowest BCUT2D eigenvalue weighted by molar-refractivity contribution is -0.131. The number of anilines is 1. The SMILES string of the molecule is COc1ccc(NC(N)=NCCCC(=O)N2Cc3ccccc3C2)cc1.I. The molecule has 0 bridgehead atoms. The van der Waals surface area contributed by atoms with Gasteiger partial charge in [0.2, 0.25) is 5.91 Å². The molecule has 1 heterocycles. The molecule has 0 aromatic heterocycles. The molecule has 2 aromatic rings. The minimum atomic E-state index is 0. The van der Waals surface area contributed by atoms with E-state index in [-0.39, 0.29) is 29.9 Å². The Hall–Kier alpha value is -2.29. The maximum Gasteiger partial charge on any atom is 0.223 e. The molecule has 0 saturated carbocycles. The van der Waals surface area contributed by atoms with Crippen LogP contribution in [0.25, 0.3) is 0 Å². The average Bonchev–Trinajstić information content (AvgIpc) is 3.10. The summed E-state index contributed by atoms with van der Waals surface area (Å²) in [7, 11) is 1.63. The summed E-state index contributed by atoms with van der Waals surface area (Å²) in [6, 6.07) is 15.6. The van der Waals surface area contributed by atoms with Crippen LogP contribution >= 0.6 is 24.0 Å². The van der Waals surface area contributed by atoms with E-state index in [2.05, 4.69) is 22.4 Å². The summed E-state index contributed by atoms with van der Waals surface area (Å²) in [4.78, 5) is 18.5. The summed E-state index contributed by atoms with van der Waals surface area (Å²) in [6.07, 6.45) is 1.16. The zero-order valence-corrected chi connectivity index (χ0v) is 17.7. The molecule has 2 aromatic carbocycles. The molecule has 7 heteroatoms. The van der Waals surface area contributed by atoms with E-state index >= 15 is 0 Å². The first kappa shape index (κ1) is 21.0. The van der Waals surface area contributed by atoms with Crippen LogP contribution in [-0.2, 0) is 17.9 Å². The molecule has 1 amide bonds. The molecular formula is C20H25IN4O2. The largest absolute Gasteiger partial charge is 0.497 e. The van der Waals surface area contributed by atoms with Crippen LogP contribution in [-0.4, -0.2) is 30.4 Å². The van der Waals surface area contributed by atoms with Crippen LogP contribution in [0.2, 0.25) is 0 Å². The lowest BCUT2D eigenvalue weighted by Gasteiger charge is -2.14. The number of carbonyl (C=O) groups is 1. The van der Waals surface area contributed by atoms with Crippen LogP contribution in [0.3, 0.4) is 0 Å². The van der Waals surface area contributed by atoms with Crippen molar-refractivity contribution in [1.29, 1.82) is 0 Å². The number of nitrogens with one attached hydrogen (secondary N) is 1. The predicted molar refractivity (Wildman–Crippen MR) is 118 cm³/mol. The molecule has 27 heavy (non-hydrogen) atoms. The number of aliphatic imine (C=N–C) groups is 1. The molecule has 0 spiro atoms. The van der Waals surface area contributed by atoms with Crippen LogP contribution in [0, 0.1) is 0 Å². The number of methoxy groups -OCH3 is 1. The number of amides is 1. The van der Waals surface area contributed by atoms with Gasteiger partial charge in [-0.1, -0.05) is 24.3 Å². The summed E-state index contributed by atoms with van der Waals surface area (Å²) in [5.74, 6) is 1.29. The molecule has 1 aliphatic heterocycles. The van der Waals surface area contributed by atoms with Crippen LogP contribution in [0.5, 0.6) is 5.75 Å². The van der Waals surface area contributed by atoms with E-state index in [4.69, 9.17) is 10.5 Å². The fourth-order valence-corrected chi connectivity index (χ4v) is 2.96. The third-order valence-electron chi connectivity index (χ3n) is 4.39. The highest BCUT2D eigenvalue weighted by Crippen LogP contribution is 2.23. The first-order valence-corrected chi connectivity index (χ1v) is 8.71. The molecule has 3 N–H and O–H groups in total. The molecule has 6 nitrogen and oxygen atoms in total. The minimum Gasteiger partial charge on any atom is -0.497 e. The Labute approximate surface area is 176 Å². The zero-order chi connectivity index (χ0) is 18.4. The molecule has 144 valence electrons. The van der Waals surface area contributed by atoms with Crippen LogP contribution in [0.1, 0.15) is 24.0 Å². The quantitative estimate of drug-likeness (QED) is 0.288. The van der Waals surface area contributed by atoms with Gasteiger partial charge in [-0.3, -0.25) is 9.79 Å². The van der Waals surface area contributed by atoms with E-state index in [9.17, 15) is 4.79 Å². The fourth-order valence-electron chi connectivity index (χ4n) is 2.96. The van der Waals surface area contributed by atoms with Gasteiger partial charge >= 0.3 is 0 Å². The molecule has 0 aliphatic carbocycles. The van der Waals surface area contributed by atoms with Crippen molar-refractivity contribution < 1.29 is 9.53 Å². The highest BCUT2D eigenvalue weighted by Gasteiger charge is 2.22. The second kappa shape index (κ2) is 10.1. The lowest BCUT2D eigenvalue weighted by Crippen LogP contribution is -2.25. The van der Waals surface area contributed by atoms with Crippen molar-refractivity contribution >= 4 is 41.5 Å². The van der Waals surface area contributed by atoms with Gasteiger partial charge in [0, 0.05) is 31.7 Å². The Morgan fingerprint density at radius 3 is 2.37 bits per heavy atom. The molecule has 0 saturated heterocycles. The van der Waals surface area contributed by atoms with Crippen molar-refractivity contribution in [3.8, 4) is 5.75 Å². The lowest BCUT2D eigenvalue weighted by atomic mass is 10.1. The van der Waals surface area contributed by atoms with E-state index in [1.807, 2.05) is 41.3 Å². The second-order valence-electron chi connectivity index (χ2n) is 6.24. The van der Waals surface area contributed by atoms with Gasteiger partial charge < -0.3 is 20.7 Å². The van der Waals surface area contributed by atoms with E-state index in [1.54, 1.807) is 7.11 Å². The predicted octanol–water partition coefficient (Wildman–Crippen LogP) is 3.36. The third kappa shape index (κ3) is 5.85. The average molecular weight is 480 g/mol. The van der Waals surface area contributed by atoms with E-state index in [1.165, 1.54) is 11.1 Å². The van der Waals surface area contributed by atoms with Gasteiger partial charge in [0.15, 0.2) is 5.96 Å². The molecule has 3 rings (SSSR count). The Morgan fingerprint density at radius 1 is 1.15 bits per heavy atom. The number of nitrogens with zero attached hydrogens (tertiary/aromatic N) is 2. The first-order valence-electron chi connectivity index (χ1n) is 8.71. The number of fused-ring (bicyclic) bond motifs is 1. The number of halogens is 1. The minimum absolute atomic E-state index is 0. The molecule has 0 atom stereocenters. The van der Waals surface area contributed by atoms with E-state index in [0.717, 1.165) is 11.4 Å². The van der Waals surface area contributed by atoms with Crippen LogP contribution < -0.4 is 15.8 Å². The second-order valence-corrected chi connectivity index (χ2v) is 6.24. The topological polar surface area (TPSA) is 80.0 Å². The summed E-state index contributed by atoms with van der Waals surface area (Å²) < 4.78 is 5.11. The zero-order valence-electron chi connectivity index (χ0n) is 15.4. The smallest absolute Gasteiger partial charge is 0.223 e. The number of rotatable bonds is 6. The van der Waals surface area contributed by atoms with Crippen molar-refractivity contribution in [2.45, 2.75) is 25.9 Å². The number of carbonyl (C=O) groups excluding carboxylic acids is 1. The standard InChI is InChI=1S/C20H24N4O2.HI/c1-26-18-10-8-17(9-11-18)23-20(21)22-12-4-7-19(25)24-13-15-5-2-3-6-16(15)14-24;/h2-3,5-6,8-11H,4,7,12-14H2,1H3,(H3,21,22,23);1H. The van der Waals surface area contributed by atoms with Gasteiger partial charge in [-0.2, -0.15) is 0 Å². The van der Waals surface area contributed by atoms with Gasteiger partial charge in [-0.15, -0.1) is 24.0 Å². The number of benzene rings is 2. The molecule has 0 radical (unpaired) electrons. The highest BCUT2D eigenvalue weighted by atomic mass is 127. The summed E-state index contributed by atoms with van der Waals surface area (Å²) in [6.45, 7) is 1.93. The van der Waals surface area contributed by atoms with Crippen LogP contribution in [0.4, 0.5) is 5.69 Å². The summed E-state index contributed by atoms with van der Waals surface area (Å²) in [5, 5.41) is 3.03. The van der Waals surface area contributed by atoms with Crippen molar-refractivity contribution in [2.75, 3.05) is 19.0 Å². The highest BCUT2D eigenvalue weighted by molar-refractivity contribution is 14.0. The summed E-state index contributed by atoms with van der Waals surface area (Å²) >= 11 is 0. The third-order valence-corrected chi connectivity index (χ3v) is 4.39. The Morgan fingerprint density at radius 2 is 1.78 bits per heavy atom. The van der Waals surface area contributed by atoms with E-state index < -0.39 is 0 Å². The molecular weight excluding hydrogens is 455 g/mol. The van der Waals surface area contributed by atoms with Crippen molar-refractivity contribution in [1.82, 2.24) is 4.90 Å². The van der Waals surface area contributed by atoms with Crippen molar-refractivity contribution in [2.24, 2.45) is 10.7 Å². The number of hydrogen-bond donors (Lipinski definition) is 2. The van der Waals surface area contributed by atoms with E-state index in [0.29, 0.717) is 38.4 Å². The van der Waals surface area contributed by atoms with Crippen molar-refractivity contribution in [3.63, 3.8) is 0 Å². The molecule has 0 fully saturated rings. The number of guanidine groups is 1. The van der Waals surface area contributed by atoms with Gasteiger partial charge in [0.1, 0.15) is 5.75 Å². The fraction of sp³-hybridized carbons (Fsp3) is 0.300. The molecule has 0 unspecified atom stereocenters. The van der Waals surface area contributed by atoms with Gasteiger partial charge in [-0.05, 0) is 41.8 Å². The first-order chi connectivity index (χ1) is 12.7. The number of hydrogen-bond acceptors (Lipinski definition) is 3. The Kier molecular flexibility index (Phi) is 7.90. The van der Waals surface area contributed by atoms with Gasteiger partial charge in [0.25, 0.3) is 0 Å². The monoisotopic (exact) mass is 480 g/mol. The number of nitrogens with two attached hydrogens (primary N) is 1. The van der Waals surface area contributed by atoms with Crippen molar-refractivity contribution in [3.05, 3.63) is 59.7 Å². The van der Waals surface area contributed by atoms with Gasteiger partial charge in [0.05, 0.1) is 7.11 Å². The van der Waals surface area contributed by atoms with Crippen LogP contribution in [0.15, 0.2) is 53.5 Å². The molecule has 1 aliphatic rings. The Balaban J connectivity index is 0.00000261. The maximum atomic E-state index is 12.3. The summed E-state index contributed by atoms with van der Waals surface area (Å²) in [5.41, 5.74) is 9.22. The Bertz CT molecular complexity index is 768. The maximum absolute atomic E-state index is 12.3. The van der Waals surface area contributed by atoms with Gasteiger partial charge in [-0.25, -0.2) is 0 Å². The normalized spacial score (nSPS) is 12.9.